The van der Waals surface area contributed by atoms with Crippen molar-refractivity contribution in [2.75, 3.05) is 33.2 Å². The minimum atomic E-state index is 0. The lowest BCUT2D eigenvalue weighted by atomic mass is 10.1. The minimum absolute atomic E-state index is 0. The van der Waals surface area contributed by atoms with Crippen LogP contribution in [0.2, 0.25) is 0 Å². The highest BCUT2D eigenvalue weighted by atomic mass is 127. The van der Waals surface area contributed by atoms with E-state index in [0.29, 0.717) is 0 Å². The van der Waals surface area contributed by atoms with Crippen LogP contribution in [-0.4, -0.2) is 48.7 Å². The maximum atomic E-state index is 4.28. The number of aromatic nitrogens is 1. The van der Waals surface area contributed by atoms with Gasteiger partial charge in [0.1, 0.15) is 0 Å². The molecule has 1 aromatic heterocycles. The first kappa shape index (κ1) is 21.3. The van der Waals surface area contributed by atoms with Crippen LogP contribution in [0.3, 0.4) is 0 Å². The van der Waals surface area contributed by atoms with Crippen LogP contribution >= 0.6 is 24.0 Å². The zero-order chi connectivity index (χ0) is 16.3. The van der Waals surface area contributed by atoms with Gasteiger partial charge in [-0.15, -0.1) is 24.0 Å². The molecule has 0 amide bonds. The molecule has 2 heterocycles. The van der Waals surface area contributed by atoms with E-state index in [1.165, 1.54) is 63.7 Å². The molecule has 2 N–H and O–H groups in total. The average molecular weight is 447 g/mol. The minimum Gasteiger partial charge on any atom is -0.357 e. The van der Waals surface area contributed by atoms with Gasteiger partial charge in [-0.05, 0) is 56.9 Å². The number of aryl methyl sites for hydroxylation is 1. The smallest absolute Gasteiger partial charge is 0.191 e. The predicted octanol–water partition coefficient (Wildman–Crippen LogP) is 2.96. The SMILES string of the molecule is CN=C(NCCCCCN1CCCCC1)NCc1ccn(C)c1.I. The number of piperidine rings is 1. The van der Waals surface area contributed by atoms with Crippen molar-refractivity contribution < 1.29 is 0 Å². The first-order valence-electron chi connectivity index (χ1n) is 9.05. The summed E-state index contributed by atoms with van der Waals surface area (Å²) in [6.45, 7) is 5.72. The Bertz CT molecular complexity index is 466. The van der Waals surface area contributed by atoms with Crippen LogP contribution < -0.4 is 10.6 Å². The number of guanidine groups is 1. The molecule has 5 nitrogen and oxygen atoms in total. The Kier molecular flexibility index (Phi) is 11.2. The lowest BCUT2D eigenvalue weighted by Gasteiger charge is -2.26. The third-order valence-corrected chi connectivity index (χ3v) is 4.47. The molecule has 2 rings (SSSR count). The Morgan fingerprint density at radius 3 is 2.58 bits per heavy atom. The number of nitrogens with zero attached hydrogens (tertiary/aromatic N) is 3. The van der Waals surface area contributed by atoms with Crippen LogP contribution in [0.5, 0.6) is 0 Å². The number of aliphatic imine (C=N–C) groups is 1. The van der Waals surface area contributed by atoms with Crippen LogP contribution in [-0.2, 0) is 13.6 Å². The lowest BCUT2D eigenvalue weighted by Crippen LogP contribution is -2.37. The molecule has 0 spiro atoms. The van der Waals surface area contributed by atoms with Gasteiger partial charge in [0, 0.05) is 39.6 Å². The second-order valence-corrected chi connectivity index (χ2v) is 6.50. The Balaban J connectivity index is 0.00000288. The summed E-state index contributed by atoms with van der Waals surface area (Å²) >= 11 is 0. The molecule has 0 aliphatic carbocycles. The van der Waals surface area contributed by atoms with Gasteiger partial charge in [-0.25, -0.2) is 0 Å². The Morgan fingerprint density at radius 2 is 1.92 bits per heavy atom. The highest BCUT2D eigenvalue weighted by Gasteiger charge is 2.08. The van der Waals surface area contributed by atoms with E-state index in [9.17, 15) is 0 Å². The van der Waals surface area contributed by atoms with Crippen molar-refractivity contribution in [3.8, 4) is 0 Å². The van der Waals surface area contributed by atoms with Crippen molar-refractivity contribution in [3.63, 3.8) is 0 Å². The Labute approximate surface area is 164 Å². The van der Waals surface area contributed by atoms with Crippen molar-refractivity contribution >= 4 is 29.9 Å². The van der Waals surface area contributed by atoms with Gasteiger partial charge in [-0.3, -0.25) is 4.99 Å². The van der Waals surface area contributed by atoms with E-state index in [0.717, 1.165) is 19.0 Å². The molecule has 0 radical (unpaired) electrons. The zero-order valence-electron chi connectivity index (χ0n) is 15.3. The van der Waals surface area contributed by atoms with Crippen molar-refractivity contribution in [1.29, 1.82) is 0 Å². The molecule has 1 aromatic rings. The molecule has 0 saturated carbocycles. The van der Waals surface area contributed by atoms with E-state index in [1.807, 2.05) is 14.1 Å². The quantitative estimate of drug-likeness (QED) is 0.279. The summed E-state index contributed by atoms with van der Waals surface area (Å²) in [5.41, 5.74) is 1.27. The van der Waals surface area contributed by atoms with E-state index < -0.39 is 0 Å². The van der Waals surface area contributed by atoms with Crippen LogP contribution in [0, 0.1) is 0 Å². The van der Waals surface area contributed by atoms with Crippen molar-refractivity contribution in [2.24, 2.45) is 12.0 Å². The van der Waals surface area contributed by atoms with Gasteiger partial charge in [0.2, 0.25) is 0 Å². The van der Waals surface area contributed by atoms with Gasteiger partial charge in [0.15, 0.2) is 5.96 Å². The third kappa shape index (κ3) is 8.37. The lowest BCUT2D eigenvalue weighted by molar-refractivity contribution is 0.224. The summed E-state index contributed by atoms with van der Waals surface area (Å²) in [7, 11) is 3.87. The standard InChI is InChI=1S/C18H33N5.HI/c1-19-18(21-15-17-9-14-22(2)16-17)20-10-5-3-6-11-23-12-7-4-8-13-23;/h9,14,16H,3-8,10-13,15H2,1-2H3,(H2,19,20,21);1H. The molecule has 1 fully saturated rings. The van der Waals surface area contributed by atoms with E-state index in [1.54, 1.807) is 0 Å². The normalized spacial score (nSPS) is 15.8. The largest absolute Gasteiger partial charge is 0.357 e. The summed E-state index contributed by atoms with van der Waals surface area (Å²) in [5.74, 6) is 0.893. The summed E-state index contributed by atoms with van der Waals surface area (Å²) < 4.78 is 2.07. The Morgan fingerprint density at radius 1 is 1.12 bits per heavy atom. The second kappa shape index (κ2) is 12.6. The fourth-order valence-electron chi connectivity index (χ4n) is 3.10. The highest BCUT2D eigenvalue weighted by Crippen LogP contribution is 2.09. The van der Waals surface area contributed by atoms with Gasteiger partial charge >= 0.3 is 0 Å². The van der Waals surface area contributed by atoms with Gasteiger partial charge < -0.3 is 20.1 Å². The van der Waals surface area contributed by atoms with Crippen LogP contribution in [0.15, 0.2) is 23.5 Å². The van der Waals surface area contributed by atoms with E-state index >= 15 is 0 Å². The number of nitrogens with one attached hydrogen (secondary N) is 2. The Hall–Kier alpha value is -0.760. The molecule has 0 unspecified atom stereocenters. The maximum absolute atomic E-state index is 4.28. The topological polar surface area (TPSA) is 44.6 Å². The molecule has 0 aromatic carbocycles. The summed E-state index contributed by atoms with van der Waals surface area (Å²) in [6, 6.07) is 2.13. The first-order chi connectivity index (χ1) is 11.3. The number of rotatable bonds is 8. The molecule has 1 aliphatic rings. The van der Waals surface area contributed by atoms with Crippen LogP contribution in [0.25, 0.3) is 0 Å². The van der Waals surface area contributed by atoms with Crippen LogP contribution in [0.4, 0.5) is 0 Å². The summed E-state index contributed by atoms with van der Waals surface area (Å²) in [4.78, 5) is 6.90. The molecule has 0 bridgehead atoms. The number of hydrogen-bond donors (Lipinski definition) is 2. The molecule has 138 valence electrons. The molecule has 1 saturated heterocycles. The number of likely N-dealkylation sites (tertiary alicyclic amines) is 1. The molecular formula is C18H34IN5. The molecule has 24 heavy (non-hydrogen) atoms. The van der Waals surface area contributed by atoms with Crippen molar-refractivity contribution in [3.05, 3.63) is 24.0 Å². The first-order valence-corrected chi connectivity index (χ1v) is 9.05. The maximum Gasteiger partial charge on any atom is 0.191 e. The monoisotopic (exact) mass is 447 g/mol. The number of unbranched alkanes of at least 4 members (excludes halogenated alkanes) is 2. The predicted molar refractivity (Wildman–Crippen MR) is 113 cm³/mol. The molecule has 1 aliphatic heterocycles. The van der Waals surface area contributed by atoms with Gasteiger partial charge in [-0.2, -0.15) is 0 Å². The van der Waals surface area contributed by atoms with Crippen molar-refractivity contribution in [2.45, 2.75) is 45.1 Å². The third-order valence-electron chi connectivity index (χ3n) is 4.47. The average Bonchev–Trinajstić information content (AvgIpc) is 3.00. The van der Waals surface area contributed by atoms with E-state index in [2.05, 4.69) is 43.6 Å². The molecule has 0 atom stereocenters. The van der Waals surface area contributed by atoms with Gasteiger partial charge in [-0.1, -0.05) is 12.8 Å². The van der Waals surface area contributed by atoms with Crippen LogP contribution in [0.1, 0.15) is 44.1 Å². The van der Waals surface area contributed by atoms with Gasteiger partial charge in [0.05, 0.1) is 0 Å². The molecule has 6 heteroatoms. The van der Waals surface area contributed by atoms with E-state index in [4.69, 9.17) is 0 Å². The fourth-order valence-corrected chi connectivity index (χ4v) is 3.10. The summed E-state index contributed by atoms with van der Waals surface area (Å²) in [5, 5.41) is 6.76. The van der Waals surface area contributed by atoms with Crippen molar-refractivity contribution in [1.82, 2.24) is 20.1 Å². The highest BCUT2D eigenvalue weighted by molar-refractivity contribution is 14.0. The zero-order valence-corrected chi connectivity index (χ0v) is 17.6. The van der Waals surface area contributed by atoms with E-state index in [-0.39, 0.29) is 24.0 Å². The fraction of sp³-hybridized carbons (Fsp3) is 0.722. The second-order valence-electron chi connectivity index (χ2n) is 6.50. The van der Waals surface area contributed by atoms with Gasteiger partial charge in [0.25, 0.3) is 0 Å². The molecular weight excluding hydrogens is 413 g/mol. The number of hydrogen-bond acceptors (Lipinski definition) is 2. The summed E-state index contributed by atoms with van der Waals surface area (Å²) in [6.07, 6.45) is 12.2. The number of halogens is 1.